The van der Waals surface area contributed by atoms with Crippen molar-refractivity contribution in [2.45, 2.75) is 69.7 Å². The summed E-state index contributed by atoms with van der Waals surface area (Å²) in [5.41, 5.74) is 3.63. The number of halogens is 2. The molecule has 1 saturated carbocycles. The van der Waals surface area contributed by atoms with Gasteiger partial charge in [-0.1, -0.05) is 48.9 Å². The Kier molecular flexibility index (Phi) is 11.4. The van der Waals surface area contributed by atoms with E-state index in [0.717, 1.165) is 27.8 Å². The molecule has 2 unspecified atom stereocenters. The number of ether oxygens (including phenoxy) is 2. The predicted octanol–water partition coefficient (Wildman–Crippen LogP) is 5.98. The fraction of sp³-hybridized carbons (Fsp3) is 0.390. The number of carboxylic acid groups (broad SMARTS) is 1. The molecule has 0 radical (unpaired) electrons. The monoisotopic (exact) mass is 768 g/mol. The van der Waals surface area contributed by atoms with E-state index < -0.39 is 29.5 Å². The first-order valence-electron chi connectivity index (χ1n) is 18.3. The average Bonchev–Trinajstić information content (AvgIpc) is 3.71. The van der Waals surface area contributed by atoms with E-state index in [0.29, 0.717) is 49.7 Å². The summed E-state index contributed by atoms with van der Waals surface area (Å²) >= 11 is 6.71. The zero-order valence-electron chi connectivity index (χ0n) is 30.5. The van der Waals surface area contributed by atoms with Crippen LogP contribution in [0.1, 0.15) is 70.4 Å². The van der Waals surface area contributed by atoms with Gasteiger partial charge < -0.3 is 34.9 Å². The van der Waals surface area contributed by atoms with Crippen LogP contribution in [-0.2, 0) is 39.5 Å². The van der Waals surface area contributed by atoms with Crippen molar-refractivity contribution in [3.05, 3.63) is 111 Å². The number of carboxylic acids is 1. The molecule has 0 bridgehead atoms. The second-order valence-corrected chi connectivity index (χ2v) is 14.8. The van der Waals surface area contributed by atoms with Crippen molar-refractivity contribution in [3.63, 3.8) is 0 Å². The van der Waals surface area contributed by atoms with Gasteiger partial charge in [-0.3, -0.25) is 14.6 Å². The second kappa shape index (κ2) is 16.4. The normalized spacial score (nSPS) is 24.6. The number of rotatable bonds is 14. The Morgan fingerprint density at radius 1 is 1.16 bits per heavy atom. The van der Waals surface area contributed by atoms with Crippen LogP contribution < -0.4 is 16.0 Å². The molecule has 1 saturated heterocycles. The van der Waals surface area contributed by atoms with Crippen LogP contribution in [0.4, 0.5) is 4.39 Å². The number of aromatic nitrogens is 2. The maximum atomic E-state index is 14.3. The zero-order valence-corrected chi connectivity index (χ0v) is 31.2. The second-order valence-electron chi connectivity index (χ2n) is 14.3. The van der Waals surface area contributed by atoms with Gasteiger partial charge in [0.05, 0.1) is 25.2 Å². The minimum absolute atomic E-state index is 0.0112. The highest BCUT2D eigenvalue weighted by molar-refractivity contribution is 6.32. The number of alkyl halides is 1. The molecule has 2 aliphatic carbocycles. The molecule has 2 aromatic heterocycles. The molecule has 12 nitrogen and oxygen atoms in total. The molecule has 2 aromatic carbocycles. The molecule has 3 heterocycles. The van der Waals surface area contributed by atoms with Crippen LogP contribution in [-0.4, -0.2) is 65.5 Å². The zero-order chi connectivity index (χ0) is 38.7. The van der Waals surface area contributed by atoms with E-state index in [9.17, 15) is 24.3 Å². The predicted molar refractivity (Wildman–Crippen MR) is 202 cm³/mol. The average molecular weight is 769 g/mol. The molecule has 0 spiro atoms. The van der Waals surface area contributed by atoms with Crippen molar-refractivity contribution in [2.24, 2.45) is 11.8 Å². The van der Waals surface area contributed by atoms with Crippen LogP contribution in [0.25, 0.3) is 16.7 Å². The quantitative estimate of drug-likeness (QED) is 0.119. The van der Waals surface area contributed by atoms with Crippen molar-refractivity contribution in [1.82, 2.24) is 25.9 Å². The molecule has 6 atom stereocenters. The molecular weight excluding hydrogens is 727 g/mol. The lowest BCUT2D eigenvalue weighted by Gasteiger charge is -2.38. The van der Waals surface area contributed by atoms with Gasteiger partial charge in [-0.2, -0.15) is 5.26 Å². The van der Waals surface area contributed by atoms with E-state index in [-0.39, 0.29) is 53.8 Å². The van der Waals surface area contributed by atoms with Gasteiger partial charge in [-0.15, -0.1) is 0 Å². The van der Waals surface area contributed by atoms with Gasteiger partial charge in [0.25, 0.3) is 5.91 Å². The number of aliphatic carboxylic acids is 1. The molecule has 7 rings (SSSR count). The summed E-state index contributed by atoms with van der Waals surface area (Å²) in [5.74, 6) is -1.89. The lowest BCUT2D eigenvalue weighted by molar-refractivity contribution is -0.139. The molecular formula is C41H42ClFN6O6. The Morgan fingerprint density at radius 2 is 1.96 bits per heavy atom. The van der Waals surface area contributed by atoms with Crippen LogP contribution in [0, 0.1) is 23.2 Å². The number of allylic oxidation sites excluding steroid dienone is 2. The molecule has 55 heavy (non-hydrogen) atoms. The minimum Gasteiger partial charge on any atom is -0.481 e. The van der Waals surface area contributed by atoms with E-state index in [1.54, 1.807) is 31.5 Å². The summed E-state index contributed by atoms with van der Waals surface area (Å²) in [7, 11) is 1.56. The Balaban J connectivity index is 1.23. The molecule has 286 valence electrons. The number of methoxy groups -OCH3 is 1. The Hall–Kier alpha value is -4.97. The van der Waals surface area contributed by atoms with Crippen molar-refractivity contribution >= 4 is 40.2 Å². The Bertz CT molecular complexity index is 2200. The summed E-state index contributed by atoms with van der Waals surface area (Å²) in [6.45, 7) is 3.80. The van der Waals surface area contributed by atoms with Gasteiger partial charge >= 0.3 is 5.97 Å². The maximum Gasteiger partial charge on any atom is 0.303 e. The smallest absolute Gasteiger partial charge is 0.303 e. The van der Waals surface area contributed by atoms with Gasteiger partial charge in [0.2, 0.25) is 5.89 Å². The number of nitrogens with zero attached hydrogens (tertiary/aromatic N) is 3. The van der Waals surface area contributed by atoms with E-state index in [2.05, 4.69) is 27.0 Å². The molecule has 4 aromatic rings. The van der Waals surface area contributed by atoms with Crippen molar-refractivity contribution in [1.29, 1.82) is 5.26 Å². The number of hydrogen-bond acceptors (Lipinski definition) is 10. The summed E-state index contributed by atoms with van der Waals surface area (Å²) < 4.78 is 31.0. The third kappa shape index (κ3) is 8.20. The molecule has 2 fully saturated rings. The third-order valence-corrected chi connectivity index (χ3v) is 11.0. The standard InChI is InChI=1S/C41H42ClFN6O6/c1-23-29(30-6-3-4-8-31(30)42)7-5-10-41(23,49-39(52)36-14-26(21-53-2)28(20-47-36)19-46-34-16-32(34)43)40-48-35-13-24(12-25(17-44)38(35)55-40)18-45-33-9-11-54-22-27(33)15-37(50)51/h3-8,10,12-14,20,23,27,32-34,45-46H,9,11,15-16,18-19,21-22H2,1-2H3,(H,49,52)(H,50,51)/t23?,27-,32-,33+,34+,41?/m0/s1. The van der Waals surface area contributed by atoms with Gasteiger partial charge in [0.15, 0.2) is 5.58 Å². The van der Waals surface area contributed by atoms with Crippen LogP contribution in [0.15, 0.2) is 71.3 Å². The highest BCUT2D eigenvalue weighted by Gasteiger charge is 2.46. The maximum absolute atomic E-state index is 14.3. The van der Waals surface area contributed by atoms with E-state index in [4.69, 9.17) is 30.5 Å². The number of nitriles is 1. The molecule has 1 aliphatic heterocycles. The first-order chi connectivity index (χ1) is 26.6. The summed E-state index contributed by atoms with van der Waals surface area (Å²) in [6, 6.07) is 14.6. The number of hydrogen-bond donors (Lipinski definition) is 4. The SMILES string of the molecule is COCc1cc(C(=O)NC2(c3nc4cc(CN[C@@H]5CCOC[C@@H]5CC(=O)O)cc(C#N)c4o3)C=CC=C(c3ccccc3Cl)C2C)ncc1CN[C@@H]1C[C@@H]1F. The van der Waals surface area contributed by atoms with E-state index >= 15 is 0 Å². The van der Waals surface area contributed by atoms with Gasteiger partial charge in [-0.05, 0) is 71.0 Å². The van der Waals surface area contributed by atoms with Crippen molar-refractivity contribution in [3.8, 4) is 6.07 Å². The lowest BCUT2D eigenvalue weighted by Crippen LogP contribution is -2.50. The highest BCUT2D eigenvalue weighted by atomic mass is 35.5. The van der Waals surface area contributed by atoms with Crippen LogP contribution >= 0.6 is 11.6 Å². The summed E-state index contributed by atoms with van der Waals surface area (Å²) in [6.07, 6.45) is 7.45. The van der Waals surface area contributed by atoms with Gasteiger partial charge in [0.1, 0.15) is 29.0 Å². The van der Waals surface area contributed by atoms with Gasteiger partial charge in [-0.25, -0.2) is 9.37 Å². The molecule has 1 amide bonds. The molecule has 14 heteroatoms. The third-order valence-electron chi connectivity index (χ3n) is 10.7. The Morgan fingerprint density at radius 3 is 2.71 bits per heavy atom. The topological polar surface area (TPSA) is 172 Å². The number of carbonyl (C=O) groups excluding carboxylic acids is 1. The first kappa shape index (κ1) is 38.3. The number of nitrogens with one attached hydrogen (secondary N) is 3. The number of amides is 1. The van der Waals surface area contributed by atoms with Crippen LogP contribution in [0.2, 0.25) is 5.02 Å². The minimum atomic E-state index is -1.36. The summed E-state index contributed by atoms with van der Waals surface area (Å²) in [5, 5.41) is 30.1. The van der Waals surface area contributed by atoms with E-state index in [1.165, 1.54) is 0 Å². The summed E-state index contributed by atoms with van der Waals surface area (Å²) in [4.78, 5) is 35.2. The number of benzene rings is 2. The Labute approximate surface area is 322 Å². The molecule has 3 aliphatic rings. The highest BCUT2D eigenvalue weighted by Crippen LogP contribution is 2.45. The number of oxazole rings is 1. The van der Waals surface area contributed by atoms with Crippen LogP contribution in [0.5, 0.6) is 0 Å². The lowest BCUT2D eigenvalue weighted by atomic mass is 9.74. The van der Waals surface area contributed by atoms with Crippen molar-refractivity contribution < 1.29 is 33.0 Å². The van der Waals surface area contributed by atoms with Crippen LogP contribution in [0.3, 0.4) is 0 Å². The molecule has 4 N–H and O–H groups in total. The number of pyridine rings is 1. The number of carbonyl (C=O) groups is 2. The fourth-order valence-electron chi connectivity index (χ4n) is 7.48. The van der Waals surface area contributed by atoms with E-state index in [1.807, 2.05) is 49.4 Å². The van der Waals surface area contributed by atoms with Crippen molar-refractivity contribution in [2.75, 3.05) is 20.3 Å². The number of fused-ring (bicyclic) bond motifs is 1. The fourth-order valence-corrected chi connectivity index (χ4v) is 7.72. The first-order valence-corrected chi connectivity index (χ1v) is 18.7. The van der Waals surface area contributed by atoms with Gasteiger partial charge in [0, 0.05) is 61.9 Å². The largest absolute Gasteiger partial charge is 0.481 e.